The average Bonchev–Trinajstić information content (AvgIpc) is 3.01. The average molecular weight is 475 g/mol. The van der Waals surface area contributed by atoms with Crippen molar-refractivity contribution in [2.24, 2.45) is 5.92 Å². The molecule has 1 aliphatic rings. The molecule has 0 radical (unpaired) electrons. The number of ether oxygens (including phenoxy) is 2. The Labute approximate surface area is 194 Å². The van der Waals surface area contributed by atoms with Crippen molar-refractivity contribution in [3.05, 3.63) is 53.1 Å². The molecule has 0 aromatic heterocycles. The Morgan fingerprint density at radius 3 is 2.39 bits per heavy atom. The summed E-state index contributed by atoms with van der Waals surface area (Å²) in [5, 5.41) is 3.23. The van der Waals surface area contributed by atoms with E-state index < -0.39 is 33.4 Å². The summed E-state index contributed by atoms with van der Waals surface area (Å²) < 4.78 is 35.6. The SMILES string of the molecule is CCOc1cc(C(CS(C)(=O)=O)N2C(=O)c3cccc(NCC(C)C)c3C2=O)ccc1OC. The number of hydrogen-bond acceptors (Lipinski definition) is 7. The molecule has 0 aliphatic carbocycles. The fraction of sp³-hybridized carbons (Fsp3) is 0.417. The fourth-order valence-corrected chi connectivity index (χ4v) is 4.74. The second kappa shape index (κ2) is 9.82. The van der Waals surface area contributed by atoms with Crippen LogP contribution >= 0.6 is 0 Å². The topological polar surface area (TPSA) is 102 Å². The van der Waals surface area contributed by atoms with Gasteiger partial charge in [-0.25, -0.2) is 8.42 Å². The summed E-state index contributed by atoms with van der Waals surface area (Å²) in [6, 6.07) is 8.95. The second-order valence-corrected chi connectivity index (χ2v) is 10.6. The lowest BCUT2D eigenvalue weighted by Crippen LogP contribution is -2.37. The predicted molar refractivity (Wildman–Crippen MR) is 127 cm³/mol. The number of imide groups is 1. The van der Waals surface area contributed by atoms with Gasteiger partial charge in [-0.15, -0.1) is 0 Å². The zero-order valence-electron chi connectivity index (χ0n) is 19.5. The number of benzene rings is 2. The van der Waals surface area contributed by atoms with Gasteiger partial charge in [0.25, 0.3) is 11.8 Å². The number of anilines is 1. The molecule has 2 amide bonds. The highest BCUT2D eigenvalue weighted by Gasteiger charge is 2.43. The lowest BCUT2D eigenvalue weighted by Gasteiger charge is -2.27. The first-order valence-electron chi connectivity index (χ1n) is 10.8. The number of carbonyl (C=O) groups is 2. The van der Waals surface area contributed by atoms with Crippen LogP contribution in [0.5, 0.6) is 11.5 Å². The lowest BCUT2D eigenvalue weighted by molar-refractivity contribution is 0.0597. The van der Waals surface area contributed by atoms with Gasteiger partial charge in [0.15, 0.2) is 11.5 Å². The van der Waals surface area contributed by atoms with Crippen molar-refractivity contribution in [1.82, 2.24) is 4.90 Å². The van der Waals surface area contributed by atoms with Gasteiger partial charge in [-0.3, -0.25) is 14.5 Å². The van der Waals surface area contributed by atoms with E-state index in [0.717, 1.165) is 11.2 Å². The number of sulfone groups is 1. The van der Waals surface area contributed by atoms with Crippen LogP contribution in [-0.2, 0) is 9.84 Å². The summed E-state index contributed by atoms with van der Waals surface area (Å²) in [7, 11) is -2.05. The minimum atomic E-state index is -3.55. The first-order chi connectivity index (χ1) is 15.6. The normalized spacial score (nSPS) is 14.4. The van der Waals surface area contributed by atoms with Crippen molar-refractivity contribution < 1.29 is 27.5 Å². The highest BCUT2D eigenvalue weighted by molar-refractivity contribution is 7.90. The van der Waals surface area contributed by atoms with Crippen molar-refractivity contribution in [2.45, 2.75) is 26.8 Å². The van der Waals surface area contributed by atoms with Crippen LogP contribution in [0.3, 0.4) is 0 Å². The Balaban J connectivity index is 2.09. The largest absolute Gasteiger partial charge is 0.493 e. The van der Waals surface area contributed by atoms with Crippen LogP contribution in [0.2, 0.25) is 0 Å². The molecule has 0 spiro atoms. The van der Waals surface area contributed by atoms with Crippen molar-refractivity contribution in [3.63, 3.8) is 0 Å². The maximum absolute atomic E-state index is 13.5. The summed E-state index contributed by atoms with van der Waals surface area (Å²) in [6.45, 7) is 6.89. The molecule has 2 aromatic rings. The van der Waals surface area contributed by atoms with Gasteiger partial charge in [-0.2, -0.15) is 0 Å². The molecule has 1 aliphatic heterocycles. The summed E-state index contributed by atoms with van der Waals surface area (Å²) in [6.07, 6.45) is 1.08. The van der Waals surface area contributed by atoms with Crippen molar-refractivity contribution in [1.29, 1.82) is 0 Å². The highest BCUT2D eigenvalue weighted by Crippen LogP contribution is 2.38. The fourth-order valence-electron chi connectivity index (χ4n) is 3.82. The van der Waals surface area contributed by atoms with E-state index in [4.69, 9.17) is 9.47 Å². The smallest absolute Gasteiger partial charge is 0.264 e. The number of rotatable bonds is 10. The second-order valence-electron chi connectivity index (χ2n) is 8.43. The molecule has 33 heavy (non-hydrogen) atoms. The number of methoxy groups -OCH3 is 1. The maximum Gasteiger partial charge on any atom is 0.264 e. The molecule has 3 rings (SSSR count). The molecule has 1 atom stereocenters. The number of amides is 2. The lowest BCUT2D eigenvalue weighted by atomic mass is 10.1. The predicted octanol–water partition coefficient (Wildman–Crippen LogP) is 3.54. The van der Waals surface area contributed by atoms with E-state index in [-0.39, 0.29) is 11.1 Å². The van der Waals surface area contributed by atoms with E-state index in [9.17, 15) is 18.0 Å². The molecule has 1 heterocycles. The summed E-state index contributed by atoms with van der Waals surface area (Å²) in [4.78, 5) is 27.9. The molecule has 1 N–H and O–H groups in total. The van der Waals surface area contributed by atoms with E-state index in [1.165, 1.54) is 7.11 Å². The molecule has 9 heteroatoms. The Hall–Kier alpha value is -3.07. The Morgan fingerprint density at radius 1 is 1.06 bits per heavy atom. The minimum Gasteiger partial charge on any atom is -0.493 e. The number of hydrogen-bond donors (Lipinski definition) is 1. The molecule has 1 unspecified atom stereocenters. The summed E-state index contributed by atoms with van der Waals surface area (Å²) >= 11 is 0. The van der Waals surface area contributed by atoms with E-state index in [1.54, 1.807) is 36.4 Å². The Morgan fingerprint density at radius 2 is 1.79 bits per heavy atom. The molecular formula is C24H30N2O6S. The Bertz CT molecular complexity index is 1160. The third-order valence-corrected chi connectivity index (χ3v) is 6.21. The van der Waals surface area contributed by atoms with Gasteiger partial charge >= 0.3 is 0 Å². The molecular weight excluding hydrogens is 444 g/mol. The van der Waals surface area contributed by atoms with Crippen LogP contribution < -0.4 is 14.8 Å². The zero-order valence-corrected chi connectivity index (χ0v) is 20.4. The quantitative estimate of drug-likeness (QED) is 0.526. The third-order valence-electron chi connectivity index (χ3n) is 5.29. The van der Waals surface area contributed by atoms with Gasteiger partial charge in [-0.1, -0.05) is 26.0 Å². The highest BCUT2D eigenvalue weighted by atomic mass is 32.2. The molecule has 2 aromatic carbocycles. The zero-order chi connectivity index (χ0) is 24.3. The molecule has 0 bridgehead atoms. The van der Waals surface area contributed by atoms with Crippen molar-refractivity contribution in [2.75, 3.05) is 37.6 Å². The van der Waals surface area contributed by atoms with E-state index >= 15 is 0 Å². The third kappa shape index (κ3) is 5.30. The number of nitrogens with zero attached hydrogens (tertiary/aromatic N) is 1. The Kier molecular flexibility index (Phi) is 7.31. The van der Waals surface area contributed by atoms with Crippen LogP contribution in [0.15, 0.2) is 36.4 Å². The standard InChI is InChI=1S/C24H30N2O6S/c1-6-32-21-12-16(10-11-20(21)31-4)19(14-33(5,29)30)26-23(27)17-8-7-9-18(22(17)24(26)28)25-13-15(2)3/h7-12,15,19,25H,6,13-14H2,1-5H3. The van der Waals surface area contributed by atoms with Crippen molar-refractivity contribution >= 4 is 27.3 Å². The van der Waals surface area contributed by atoms with E-state index in [0.29, 0.717) is 41.8 Å². The molecule has 0 saturated heterocycles. The number of nitrogens with one attached hydrogen (secondary N) is 1. The van der Waals surface area contributed by atoms with Crippen molar-refractivity contribution in [3.8, 4) is 11.5 Å². The first kappa shape index (κ1) is 24.6. The maximum atomic E-state index is 13.5. The van der Waals surface area contributed by atoms with Gasteiger partial charge in [0.2, 0.25) is 0 Å². The van der Waals surface area contributed by atoms with Crippen LogP contribution in [0.25, 0.3) is 0 Å². The van der Waals surface area contributed by atoms with Gasteiger partial charge in [-0.05, 0) is 42.7 Å². The molecule has 178 valence electrons. The van der Waals surface area contributed by atoms with E-state index in [1.807, 2.05) is 20.8 Å². The van der Waals surface area contributed by atoms with Gasteiger partial charge in [0, 0.05) is 18.5 Å². The minimum absolute atomic E-state index is 0.255. The van der Waals surface area contributed by atoms with Crippen LogP contribution in [-0.4, -0.2) is 57.4 Å². The number of carbonyl (C=O) groups excluding carboxylic acids is 2. The molecule has 8 nitrogen and oxygen atoms in total. The number of fused-ring (bicyclic) bond motifs is 1. The molecule has 0 saturated carbocycles. The van der Waals surface area contributed by atoms with Crippen LogP contribution in [0.1, 0.15) is 53.1 Å². The van der Waals surface area contributed by atoms with E-state index in [2.05, 4.69) is 5.32 Å². The summed E-state index contributed by atoms with van der Waals surface area (Å²) in [5.41, 5.74) is 1.55. The van der Waals surface area contributed by atoms with Crippen LogP contribution in [0.4, 0.5) is 5.69 Å². The first-order valence-corrected chi connectivity index (χ1v) is 12.9. The van der Waals surface area contributed by atoms with Gasteiger partial charge in [0.1, 0.15) is 9.84 Å². The monoisotopic (exact) mass is 474 g/mol. The van der Waals surface area contributed by atoms with Crippen LogP contribution in [0, 0.1) is 5.92 Å². The van der Waals surface area contributed by atoms with Gasteiger partial charge < -0.3 is 14.8 Å². The van der Waals surface area contributed by atoms with Gasteiger partial charge in [0.05, 0.1) is 36.6 Å². The summed E-state index contributed by atoms with van der Waals surface area (Å²) in [5.74, 6) is -0.244. The molecule has 0 fully saturated rings.